The maximum atomic E-state index is 9.40. The van der Waals surface area contributed by atoms with Gasteiger partial charge in [0.25, 0.3) is 0 Å². The summed E-state index contributed by atoms with van der Waals surface area (Å²) in [6, 6.07) is 0. The molecule has 0 bridgehead atoms. The van der Waals surface area contributed by atoms with Crippen LogP contribution in [0.1, 0.15) is 13.8 Å². The van der Waals surface area contributed by atoms with Crippen LogP contribution in [-0.4, -0.2) is 16.3 Å². The van der Waals surface area contributed by atoms with E-state index < -0.39 is 6.10 Å². The van der Waals surface area contributed by atoms with Gasteiger partial charge in [-0.15, -0.1) is 0 Å². The van der Waals surface area contributed by atoms with E-state index in [9.17, 15) is 10.2 Å². The summed E-state index contributed by atoms with van der Waals surface area (Å²) < 4.78 is 0. The molecule has 0 saturated heterocycles. The number of aliphatic hydroxyl groups excluding tert-OH is 2. The lowest BCUT2D eigenvalue weighted by atomic mass is 9.89. The third-order valence-corrected chi connectivity index (χ3v) is 2.21. The molecule has 0 fully saturated rings. The minimum absolute atomic E-state index is 0.0833. The molecule has 0 radical (unpaired) electrons. The first-order valence-electron chi connectivity index (χ1n) is 3.59. The Kier molecular flexibility index (Phi) is 1.91. The molecule has 1 aliphatic carbocycles. The molecule has 2 atom stereocenters. The lowest BCUT2D eigenvalue weighted by molar-refractivity contribution is 0.158. The van der Waals surface area contributed by atoms with Crippen LogP contribution >= 0.6 is 0 Å². The molecule has 0 saturated carbocycles. The van der Waals surface area contributed by atoms with Crippen molar-refractivity contribution in [2.24, 2.45) is 11.7 Å². The zero-order valence-corrected chi connectivity index (χ0v) is 6.70. The molecule has 3 nitrogen and oxygen atoms in total. The fourth-order valence-corrected chi connectivity index (χ4v) is 1.12. The highest BCUT2D eigenvalue weighted by atomic mass is 16.3. The minimum atomic E-state index is -0.647. The van der Waals surface area contributed by atoms with Crippen LogP contribution < -0.4 is 5.73 Å². The van der Waals surface area contributed by atoms with Gasteiger partial charge in [-0.2, -0.15) is 0 Å². The second-order valence-electron chi connectivity index (χ2n) is 2.95. The first-order chi connectivity index (χ1) is 5.04. The quantitative estimate of drug-likeness (QED) is 0.481. The van der Waals surface area contributed by atoms with E-state index in [2.05, 4.69) is 0 Å². The second-order valence-corrected chi connectivity index (χ2v) is 2.95. The Balaban J connectivity index is 3.01. The zero-order valence-electron chi connectivity index (χ0n) is 6.70. The van der Waals surface area contributed by atoms with Gasteiger partial charge in [0.05, 0.1) is 6.10 Å². The van der Waals surface area contributed by atoms with Crippen LogP contribution in [-0.2, 0) is 0 Å². The first-order valence-corrected chi connectivity index (χ1v) is 3.59. The van der Waals surface area contributed by atoms with Gasteiger partial charge in [0.15, 0.2) is 0 Å². The average Bonchev–Trinajstić information content (AvgIpc) is 1.97. The molecular weight excluding hydrogens is 142 g/mol. The molecule has 0 aromatic rings. The normalized spacial score (nSPS) is 32.1. The van der Waals surface area contributed by atoms with Crippen molar-refractivity contribution in [1.29, 1.82) is 0 Å². The Bertz CT molecular complexity index is 230. The number of aliphatic hydroxyl groups is 2. The smallest absolute Gasteiger partial charge is 0.116 e. The van der Waals surface area contributed by atoms with E-state index in [-0.39, 0.29) is 11.7 Å². The Morgan fingerprint density at radius 1 is 1.55 bits per heavy atom. The Morgan fingerprint density at radius 2 is 2.09 bits per heavy atom. The van der Waals surface area contributed by atoms with Crippen molar-refractivity contribution in [2.75, 3.05) is 0 Å². The van der Waals surface area contributed by atoms with E-state index in [0.717, 1.165) is 5.57 Å². The van der Waals surface area contributed by atoms with Gasteiger partial charge in [0.2, 0.25) is 0 Å². The van der Waals surface area contributed by atoms with Crippen molar-refractivity contribution in [3.05, 3.63) is 23.1 Å². The standard InChI is InChI=1S/C8H13NO2/c1-4-5(2)8(11)6(9)3-7(4)10/h3,5,8,10-11H,9H2,1-2H3. The summed E-state index contributed by atoms with van der Waals surface area (Å²) in [5, 5.41) is 18.6. The summed E-state index contributed by atoms with van der Waals surface area (Å²) in [5.41, 5.74) is 6.56. The summed E-state index contributed by atoms with van der Waals surface area (Å²) in [7, 11) is 0. The fraction of sp³-hybridized carbons (Fsp3) is 0.500. The van der Waals surface area contributed by atoms with Gasteiger partial charge in [-0.05, 0) is 12.5 Å². The van der Waals surface area contributed by atoms with Crippen molar-refractivity contribution in [3.8, 4) is 0 Å². The van der Waals surface area contributed by atoms with Gasteiger partial charge in [0.1, 0.15) is 5.76 Å². The van der Waals surface area contributed by atoms with Crippen molar-refractivity contribution in [1.82, 2.24) is 0 Å². The Labute approximate surface area is 65.8 Å². The summed E-state index contributed by atoms with van der Waals surface area (Å²) in [6.45, 7) is 3.61. The van der Waals surface area contributed by atoms with Crippen molar-refractivity contribution in [2.45, 2.75) is 20.0 Å². The molecular formula is C8H13NO2. The van der Waals surface area contributed by atoms with Crippen LogP contribution in [0, 0.1) is 5.92 Å². The molecule has 62 valence electrons. The largest absolute Gasteiger partial charge is 0.508 e. The predicted octanol–water partition coefficient (Wildman–Crippen LogP) is 0.672. The van der Waals surface area contributed by atoms with Crippen LogP contribution in [0.3, 0.4) is 0 Å². The number of hydrogen-bond donors (Lipinski definition) is 3. The number of allylic oxidation sites excluding steroid dienone is 1. The molecule has 4 N–H and O–H groups in total. The number of hydrogen-bond acceptors (Lipinski definition) is 3. The topological polar surface area (TPSA) is 66.5 Å². The number of nitrogens with two attached hydrogens (primary N) is 1. The zero-order chi connectivity index (χ0) is 8.59. The van der Waals surface area contributed by atoms with Gasteiger partial charge in [-0.25, -0.2) is 0 Å². The van der Waals surface area contributed by atoms with Crippen LogP contribution in [0.2, 0.25) is 0 Å². The maximum absolute atomic E-state index is 9.40. The van der Waals surface area contributed by atoms with E-state index in [4.69, 9.17) is 5.73 Å². The second kappa shape index (κ2) is 2.58. The lowest BCUT2D eigenvalue weighted by Gasteiger charge is -2.24. The molecule has 11 heavy (non-hydrogen) atoms. The fourth-order valence-electron chi connectivity index (χ4n) is 1.12. The van der Waals surface area contributed by atoms with E-state index >= 15 is 0 Å². The molecule has 0 heterocycles. The molecule has 0 aromatic carbocycles. The van der Waals surface area contributed by atoms with Gasteiger partial charge < -0.3 is 15.9 Å². The molecule has 1 aliphatic rings. The lowest BCUT2D eigenvalue weighted by Crippen LogP contribution is -2.29. The van der Waals surface area contributed by atoms with Crippen molar-refractivity contribution >= 4 is 0 Å². The molecule has 0 spiro atoms. The molecule has 0 aromatic heterocycles. The number of rotatable bonds is 0. The van der Waals surface area contributed by atoms with E-state index in [0.29, 0.717) is 5.70 Å². The van der Waals surface area contributed by atoms with Gasteiger partial charge in [0, 0.05) is 17.7 Å². The first kappa shape index (κ1) is 8.14. The highest BCUT2D eigenvalue weighted by Gasteiger charge is 2.24. The van der Waals surface area contributed by atoms with Crippen LogP contribution in [0.15, 0.2) is 23.1 Å². The summed E-state index contributed by atoms with van der Waals surface area (Å²) in [6.07, 6.45) is 0.755. The van der Waals surface area contributed by atoms with E-state index in [1.54, 1.807) is 6.92 Å². The maximum Gasteiger partial charge on any atom is 0.116 e. The summed E-state index contributed by atoms with van der Waals surface area (Å²) in [4.78, 5) is 0. The highest BCUT2D eigenvalue weighted by Crippen LogP contribution is 2.25. The minimum Gasteiger partial charge on any atom is -0.508 e. The molecule has 2 unspecified atom stereocenters. The monoisotopic (exact) mass is 155 g/mol. The summed E-state index contributed by atoms with van der Waals surface area (Å²) >= 11 is 0. The highest BCUT2D eigenvalue weighted by molar-refractivity contribution is 5.31. The van der Waals surface area contributed by atoms with Crippen molar-refractivity contribution in [3.63, 3.8) is 0 Å². The van der Waals surface area contributed by atoms with Crippen LogP contribution in [0.5, 0.6) is 0 Å². The van der Waals surface area contributed by atoms with Gasteiger partial charge in [-0.1, -0.05) is 6.92 Å². The molecule has 1 rings (SSSR count). The Morgan fingerprint density at radius 3 is 2.64 bits per heavy atom. The van der Waals surface area contributed by atoms with E-state index in [1.807, 2.05) is 6.92 Å². The third kappa shape index (κ3) is 1.24. The predicted molar refractivity (Wildman–Crippen MR) is 42.8 cm³/mol. The van der Waals surface area contributed by atoms with Crippen LogP contribution in [0.25, 0.3) is 0 Å². The van der Waals surface area contributed by atoms with Crippen LogP contribution in [0.4, 0.5) is 0 Å². The Hall–Kier alpha value is -0.960. The van der Waals surface area contributed by atoms with Crippen molar-refractivity contribution < 1.29 is 10.2 Å². The average molecular weight is 155 g/mol. The van der Waals surface area contributed by atoms with E-state index in [1.165, 1.54) is 6.08 Å². The summed E-state index contributed by atoms with van der Waals surface area (Å²) in [5.74, 6) is 0.0975. The molecule has 0 aliphatic heterocycles. The molecule has 0 amide bonds. The SMILES string of the molecule is CC1=C(O)C=C(N)C(O)C1C. The molecule has 3 heteroatoms. The van der Waals surface area contributed by atoms with Gasteiger partial charge >= 0.3 is 0 Å². The third-order valence-electron chi connectivity index (χ3n) is 2.21. The van der Waals surface area contributed by atoms with Gasteiger partial charge in [-0.3, -0.25) is 0 Å².